The van der Waals surface area contributed by atoms with Crippen molar-refractivity contribution in [2.24, 2.45) is 0 Å². The second-order valence-corrected chi connectivity index (χ2v) is 6.98. The van der Waals surface area contributed by atoms with Crippen LogP contribution >= 0.6 is 23.2 Å². The average Bonchev–Trinajstić information content (AvgIpc) is 2.64. The van der Waals surface area contributed by atoms with Gasteiger partial charge in [0, 0.05) is 38.4 Å². The van der Waals surface area contributed by atoms with Crippen LogP contribution in [0.1, 0.15) is 0 Å². The fraction of sp³-hybridized carbons (Fsp3) is 0.368. The molecule has 4 nitrogen and oxygen atoms in total. The van der Waals surface area contributed by atoms with Gasteiger partial charge in [0.25, 0.3) is 0 Å². The number of nitrogens with zero attached hydrogens (tertiary/aromatic N) is 2. The normalized spacial score (nSPS) is 16.7. The van der Waals surface area contributed by atoms with Crippen LogP contribution < -0.4 is 9.64 Å². The number of hydrogen-bond acceptors (Lipinski definition) is 4. The van der Waals surface area contributed by atoms with Crippen LogP contribution in [0.15, 0.2) is 48.5 Å². The van der Waals surface area contributed by atoms with Gasteiger partial charge in [0.15, 0.2) is 0 Å². The fourth-order valence-corrected chi connectivity index (χ4v) is 3.22. The lowest BCUT2D eigenvalue weighted by Crippen LogP contribution is -2.49. The van der Waals surface area contributed by atoms with Gasteiger partial charge in [-0.25, -0.2) is 0 Å². The number of aliphatic hydroxyl groups excluding tert-OH is 1. The number of halogens is 2. The van der Waals surface area contributed by atoms with Crippen molar-refractivity contribution in [2.75, 3.05) is 44.2 Å². The molecule has 0 unspecified atom stereocenters. The zero-order chi connectivity index (χ0) is 17.6. The largest absolute Gasteiger partial charge is 0.491 e. The lowest BCUT2D eigenvalue weighted by molar-refractivity contribution is 0.0663. The molecule has 3 rings (SSSR count). The van der Waals surface area contributed by atoms with E-state index in [1.54, 1.807) is 0 Å². The predicted octanol–water partition coefficient (Wildman–Crippen LogP) is 3.56. The van der Waals surface area contributed by atoms with Crippen LogP contribution in [0.2, 0.25) is 10.0 Å². The van der Waals surface area contributed by atoms with Gasteiger partial charge in [-0.15, -0.1) is 0 Å². The molecular formula is C19H22Cl2N2O2. The molecule has 0 amide bonds. The Hall–Kier alpha value is -1.46. The first-order chi connectivity index (χ1) is 12.1. The Labute approximate surface area is 158 Å². The van der Waals surface area contributed by atoms with Crippen molar-refractivity contribution < 1.29 is 9.84 Å². The van der Waals surface area contributed by atoms with Gasteiger partial charge >= 0.3 is 0 Å². The summed E-state index contributed by atoms with van der Waals surface area (Å²) in [5.74, 6) is 0.783. The number of β-amino-alcohol motifs (C(OH)–C–C–N with tert-alkyl or cyclic N) is 1. The summed E-state index contributed by atoms with van der Waals surface area (Å²) in [5.41, 5.74) is 1.09. The second kappa shape index (κ2) is 8.77. The molecule has 0 spiro atoms. The summed E-state index contributed by atoms with van der Waals surface area (Å²) in [7, 11) is 0. The SMILES string of the molecule is O[C@H](COc1ccccc1)CN1CCN(c2ccc(Cl)c(Cl)c2)CC1. The van der Waals surface area contributed by atoms with E-state index >= 15 is 0 Å². The quantitative estimate of drug-likeness (QED) is 0.830. The average molecular weight is 381 g/mol. The maximum absolute atomic E-state index is 10.2. The van der Waals surface area contributed by atoms with Crippen molar-refractivity contribution in [2.45, 2.75) is 6.10 Å². The van der Waals surface area contributed by atoms with Gasteiger partial charge in [-0.2, -0.15) is 0 Å². The molecule has 1 saturated heterocycles. The lowest BCUT2D eigenvalue weighted by atomic mass is 10.2. The van der Waals surface area contributed by atoms with Crippen LogP contribution in [0.3, 0.4) is 0 Å². The molecule has 2 aromatic rings. The summed E-state index contributed by atoms with van der Waals surface area (Å²) >= 11 is 12.1. The molecule has 6 heteroatoms. The highest BCUT2D eigenvalue weighted by Crippen LogP contribution is 2.27. The van der Waals surface area contributed by atoms with Crippen LogP contribution in [0.5, 0.6) is 5.75 Å². The lowest BCUT2D eigenvalue weighted by Gasteiger charge is -2.37. The molecule has 1 aliphatic rings. The molecule has 0 bridgehead atoms. The standard InChI is InChI=1S/C19H22Cl2N2O2/c20-18-7-6-15(12-19(18)21)23-10-8-22(9-11-23)13-16(24)14-25-17-4-2-1-3-5-17/h1-7,12,16,24H,8-11,13-14H2/t16-/m0/s1. The Kier molecular flexibility index (Phi) is 6.43. The summed E-state index contributed by atoms with van der Waals surface area (Å²) in [5, 5.41) is 11.4. The zero-order valence-electron chi connectivity index (χ0n) is 13.9. The molecule has 0 radical (unpaired) electrons. The number of ether oxygens (including phenoxy) is 1. The number of rotatable bonds is 6. The Morgan fingerprint density at radius 2 is 1.68 bits per heavy atom. The van der Waals surface area contributed by atoms with E-state index in [0.717, 1.165) is 37.6 Å². The van der Waals surface area contributed by atoms with E-state index in [-0.39, 0.29) is 0 Å². The van der Waals surface area contributed by atoms with Crippen LogP contribution in [0.25, 0.3) is 0 Å². The zero-order valence-corrected chi connectivity index (χ0v) is 15.5. The molecular weight excluding hydrogens is 359 g/mol. The molecule has 0 aromatic heterocycles. The Balaban J connectivity index is 1.43. The highest BCUT2D eigenvalue weighted by Gasteiger charge is 2.20. The summed E-state index contributed by atoms with van der Waals surface area (Å²) in [4.78, 5) is 4.54. The van der Waals surface area contributed by atoms with Gasteiger partial charge in [0.05, 0.1) is 10.0 Å². The molecule has 1 heterocycles. The summed E-state index contributed by atoms with van der Waals surface area (Å²) in [6.07, 6.45) is -0.503. The molecule has 2 aromatic carbocycles. The first-order valence-electron chi connectivity index (χ1n) is 8.40. The van der Waals surface area contributed by atoms with E-state index in [4.69, 9.17) is 27.9 Å². The fourth-order valence-electron chi connectivity index (χ4n) is 2.93. The van der Waals surface area contributed by atoms with Crippen LogP contribution in [0, 0.1) is 0 Å². The molecule has 1 fully saturated rings. The minimum Gasteiger partial charge on any atom is -0.491 e. The first kappa shape index (κ1) is 18.3. The third-order valence-electron chi connectivity index (χ3n) is 4.30. The van der Waals surface area contributed by atoms with E-state index in [1.807, 2.05) is 48.5 Å². The van der Waals surface area contributed by atoms with Gasteiger partial charge < -0.3 is 14.7 Å². The minimum absolute atomic E-state index is 0.303. The van der Waals surface area contributed by atoms with Crippen molar-refractivity contribution >= 4 is 28.9 Å². The topological polar surface area (TPSA) is 35.9 Å². The van der Waals surface area contributed by atoms with Crippen LogP contribution in [-0.4, -0.2) is 55.4 Å². The van der Waals surface area contributed by atoms with Crippen molar-refractivity contribution in [3.05, 3.63) is 58.6 Å². The van der Waals surface area contributed by atoms with Gasteiger partial charge in [-0.3, -0.25) is 4.90 Å². The summed E-state index contributed by atoms with van der Waals surface area (Å²) in [6.45, 7) is 4.48. The third-order valence-corrected chi connectivity index (χ3v) is 5.03. The third kappa shape index (κ3) is 5.25. The Bertz CT molecular complexity index is 676. The minimum atomic E-state index is -0.503. The van der Waals surface area contributed by atoms with E-state index in [0.29, 0.717) is 23.2 Å². The summed E-state index contributed by atoms with van der Waals surface area (Å²) in [6, 6.07) is 15.3. The van der Waals surface area contributed by atoms with E-state index in [2.05, 4.69) is 9.80 Å². The molecule has 25 heavy (non-hydrogen) atoms. The maximum atomic E-state index is 10.2. The Morgan fingerprint density at radius 3 is 2.36 bits per heavy atom. The number of para-hydroxylation sites is 1. The molecule has 0 aliphatic carbocycles. The smallest absolute Gasteiger partial charge is 0.119 e. The van der Waals surface area contributed by atoms with Crippen molar-refractivity contribution in [3.8, 4) is 5.75 Å². The highest BCUT2D eigenvalue weighted by molar-refractivity contribution is 6.42. The van der Waals surface area contributed by atoms with Crippen molar-refractivity contribution in [1.82, 2.24) is 4.90 Å². The van der Waals surface area contributed by atoms with Gasteiger partial charge in [0.2, 0.25) is 0 Å². The molecule has 134 valence electrons. The number of benzene rings is 2. The Morgan fingerprint density at radius 1 is 0.960 bits per heavy atom. The van der Waals surface area contributed by atoms with E-state index in [9.17, 15) is 5.11 Å². The van der Waals surface area contributed by atoms with Crippen LogP contribution in [-0.2, 0) is 0 Å². The number of anilines is 1. The number of aliphatic hydroxyl groups is 1. The van der Waals surface area contributed by atoms with Crippen molar-refractivity contribution in [1.29, 1.82) is 0 Å². The van der Waals surface area contributed by atoms with Gasteiger partial charge in [0.1, 0.15) is 18.5 Å². The first-order valence-corrected chi connectivity index (χ1v) is 9.15. The van der Waals surface area contributed by atoms with Crippen LogP contribution in [0.4, 0.5) is 5.69 Å². The van der Waals surface area contributed by atoms with E-state index in [1.165, 1.54) is 0 Å². The van der Waals surface area contributed by atoms with Gasteiger partial charge in [-0.1, -0.05) is 41.4 Å². The molecule has 1 N–H and O–H groups in total. The predicted molar refractivity (Wildman–Crippen MR) is 103 cm³/mol. The number of hydrogen-bond donors (Lipinski definition) is 1. The molecule has 0 saturated carbocycles. The van der Waals surface area contributed by atoms with E-state index < -0.39 is 6.10 Å². The molecule has 1 atom stereocenters. The van der Waals surface area contributed by atoms with Crippen molar-refractivity contribution in [3.63, 3.8) is 0 Å². The van der Waals surface area contributed by atoms with Gasteiger partial charge in [-0.05, 0) is 30.3 Å². The number of piperazine rings is 1. The monoisotopic (exact) mass is 380 g/mol. The highest BCUT2D eigenvalue weighted by atomic mass is 35.5. The molecule has 1 aliphatic heterocycles. The maximum Gasteiger partial charge on any atom is 0.119 e. The second-order valence-electron chi connectivity index (χ2n) is 6.16. The summed E-state index contributed by atoms with van der Waals surface area (Å²) < 4.78 is 5.61.